The van der Waals surface area contributed by atoms with Gasteiger partial charge in [0.15, 0.2) is 5.82 Å². The maximum atomic E-state index is 13.3. The SMILES string of the molecule is CN(CCc1noc(-c2ccc(C(=O)NCc3cccc(F)c3)cc2)n1)C(=O)Nc1ccccc1. The van der Waals surface area contributed by atoms with Gasteiger partial charge in [0.05, 0.1) is 0 Å². The first-order valence-electron chi connectivity index (χ1n) is 11.0. The number of benzene rings is 3. The van der Waals surface area contributed by atoms with Gasteiger partial charge in [-0.2, -0.15) is 4.98 Å². The van der Waals surface area contributed by atoms with Crippen molar-refractivity contribution in [1.82, 2.24) is 20.4 Å². The van der Waals surface area contributed by atoms with E-state index in [0.717, 1.165) is 5.69 Å². The molecule has 0 bridgehead atoms. The summed E-state index contributed by atoms with van der Waals surface area (Å²) in [5.41, 5.74) is 2.52. The number of rotatable bonds is 8. The van der Waals surface area contributed by atoms with Crippen LogP contribution in [-0.4, -0.2) is 40.6 Å². The monoisotopic (exact) mass is 473 g/mol. The number of nitrogens with one attached hydrogen (secondary N) is 2. The third-order valence-corrected chi connectivity index (χ3v) is 5.25. The predicted molar refractivity (Wildman–Crippen MR) is 129 cm³/mol. The highest BCUT2D eigenvalue weighted by atomic mass is 19.1. The van der Waals surface area contributed by atoms with Crippen LogP contribution in [0.1, 0.15) is 21.7 Å². The second-order valence-electron chi connectivity index (χ2n) is 7.87. The number of likely N-dealkylation sites (N-methyl/N-ethyl adjacent to an activating group) is 1. The number of urea groups is 1. The summed E-state index contributed by atoms with van der Waals surface area (Å²) in [7, 11) is 1.69. The number of hydrogen-bond acceptors (Lipinski definition) is 5. The van der Waals surface area contributed by atoms with Crippen molar-refractivity contribution in [3.8, 4) is 11.5 Å². The van der Waals surface area contributed by atoms with Crippen molar-refractivity contribution in [2.75, 3.05) is 18.9 Å². The van der Waals surface area contributed by atoms with Gasteiger partial charge in [0.25, 0.3) is 11.8 Å². The molecule has 0 fully saturated rings. The Kier molecular flexibility index (Phi) is 7.47. The van der Waals surface area contributed by atoms with Gasteiger partial charge in [-0.1, -0.05) is 35.5 Å². The fraction of sp³-hybridized carbons (Fsp3) is 0.154. The maximum Gasteiger partial charge on any atom is 0.321 e. The molecule has 4 aromatic rings. The fourth-order valence-electron chi connectivity index (χ4n) is 3.28. The van der Waals surface area contributed by atoms with Crippen LogP contribution in [0.2, 0.25) is 0 Å². The van der Waals surface area contributed by atoms with E-state index in [-0.39, 0.29) is 24.3 Å². The van der Waals surface area contributed by atoms with E-state index < -0.39 is 0 Å². The van der Waals surface area contributed by atoms with Gasteiger partial charge >= 0.3 is 6.03 Å². The minimum Gasteiger partial charge on any atom is -0.348 e. The zero-order chi connectivity index (χ0) is 24.6. The van der Waals surface area contributed by atoms with Crippen molar-refractivity contribution in [3.05, 3.63) is 102 Å². The first-order chi connectivity index (χ1) is 17.0. The quantitative estimate of drug-likeness (QED) is 0.392. The van der Waals surface area contributed by atoms with Crippen LogP contribution in [0.3, 0.4) is 0 Å². The molecule has 0 radical (unpaired) electrons. The lowest BCUT2D eigenvalue weighted by atomic mass is 10.1. The summed E-state index contributed by atoms with van der Waals surface area (Å²) in [6, 6.07) is 21.8. The van der Waals surface area contributed by atoms with Crippen LogP contribution in [0.15, 0.2) is 83.4 Å². The van der Waals surface area contributed by atoms with E-state index in [1.165, 1.54) is 12.1 Å². The number of hydrogen-bond donors (Lipinski definition) is 2. The number of amides is 3. The molecular weight excluding hydrogens is 449 g/mol. The molecule has 0 unspecified atom stereocenters. The van der Waals surface area contributed by atoms with E-state index in [0.29, 0.717) is 41.4 Å². The Morgan fingerprint density at radius 1 is 1.00 bits per heavy atom. The predicted octanol–water partition coefficient (Wildman–Crippen LogP) is 4.51. The van der Waals surface area contributed by atoms with E-state index in [9.17, 15) is 14.0 Å². The molecule has 1 aromatic heterocycles. The van der Waals surface area contributed by atoms with Gasteiger partial charge in [-0.25, -0.2) is 9.18 Å². The molecule has 9 heteroatoms. The summed E-state index contributed by atoms with van der Waals surface area (Å²) in [4.78, 5) is 30.6. The van der Waals surface area contributed by atoms with Crippen LogP contribution in [0.25, 0.3) is 11.5 Å². The van der Waals surface area contributed by atoms with Crippen molar-refractivity contribution in [2.24, 2.45) is 0 Å². The molecule has 178 valence electrons. The summed E-state index contributed by atoms with van der Waals surface area (Å²) < 4.78 is 18.6. The molecule has 0 atom stereocenters. The average molecular weight is 474 g/mol. The Morgan fingerprint density at radius 2 is 1.77 bits per heavy atom. The lowest BCUT2D eigenvalue weighted by molar-refractivity contribution is 0.0951. The second-order valence-corrected chi connectivity index (χ2v) is 7.87. The molecule has 0 aliphatic heterocycles. The van der Waals surface area contributed by atoms with Crippen LogP contribution < -0.4 is 10.6 Å². The minimum absolute atomic E-state index is 0.225. The van der Waals surface area contributed by atoms with Crippen LogP contribution in [0.4, 0.5) is 14.9 Å². The number of para-hydroxylation sites is 1. The molecular formula is C26H24FN5O3. The standard InChI is InChI=1S/C26H24FN5O3/c1-32(26(34)29-22-8-3-2-4-9-22)15-14-23-30-25(35-31-23)20-12-10-19(11-13-20)24(33)28-17-18-6-5-7-21(27)16-18/h2-13,16H,14-15,17H2,1H3,(H,28,33)(H,29,34). The van der Waals surface area contributed by atoms with Crippen molar-refractivity contribution < 1.29 is 18.5 Å². The van der Waals surface area contributed by atoms with Gasteiger partial charge in [-0.3, -0.25) is 4.79 Å². The average Bonchev–Trinajstić information content (AvgIpc) is 3.35. The van der Waals surface area contributed by atoms with Crippen LogP contribution in [0.5, 0.6) is 0 Å². The number of carbonyl (C=O) groups excluding carboxylic acids is 2. The Morgan fingerprint density at radius 3 is 2.51 bits per heavy atom. The summed E-state index contributed by atoms with van der Waals surface area (Å²) in [6.07, 6.45) is 0.419. The summed E-state index contributed by atoms with van der Waals surface area (Å²) in [5.74, 6) is 0.172. The lowest BCUT2D eigenvalue weighted by Crippen LogP contribution is -2.33. The molecule has 2 N–H and O–H groups in total. The summed E-state index contributed by atoms with van der Waals surface area (Å²) in [5, 5.41) is 9.56. The van der Waals surface area contributed by atoms with Crippen LogP contribution in [-0.2, 0) is 13.0 Å². The van der Waals surface area contributed by atoms with Crippen LogP contribution in [0, 0.1) is 5.82 Å². The molecule has 0 aliphatic carbocycles. The zero-order valence-electron chi connectivity index (χ0n) is 19.1. The summed E-state index contributed by atoms with van der Waals surface area (Å²) >= 11 is 0. The Hall–Kier alpha value is -4.53. The highest BCUT2D eigenvalue weighted by molar-refractivity contribution is 5.94. The topological polar surface area (TPSA) is 100 Å². The van der Waals surface area contributed by atoms with Gasteiger partial charge < -0.3 is 20.1 Å². The molecule has 0 saturated heterocycles. The highest BCUT2D eigenvalue weighted by Gasteiger charge is 2.14. The maximum absolute atomic E-state index is 13.3. The van der Waals surface area contributed by atoms with Crippen molar-refractivity contribution >= 4 is 17.6 Å². The Labute approximate surface area is 201 Å². The smallest absolute Gasteiger partial charge is 0.321 e. The van der Waals surface area contributed by atoms with E-state index in [4.69, 9.17) is 4.52 Å². The number of halogens is 1. The van der Waals surface area contributed by atoms with E-state index in [2.05, 4.69) is 20.8 Å². The molecule has 3 aromatic carbocycles. The molecule has 1 heterocycles. The minimum atomic E-state index is -0.345. The summed E-state index contributed by atoms with van der Waals surface area (Å²) in [6.45, 7) is 0.630. The molecule has 35 heavy (non-hydrogen) atoms. The molecule has 0 saturated carbocycles. The lowest BCUT2D eigenvalue weighted by Gasteiger charge is -2.16. The first-order valence-corrected chi connectivity index (χ1v) is 11.0. The second kappa shape index (κ2) is 11.1. The Bertz CT molecular complexity index is 1290. The molecule has 4 rings (SSSR count). The van der Waals surface area contributed by atoms with E-state index in [1.54, 1.807) is 48.3 Å². The van der Waals surface area contributed by atoms with Crippen molar-refractivity contribution in [2.45, 2.75) is 13.0 Å². The van der Waals surface area contributed by atoms with Gasteiger partial charge in [0.1, 0.15) is 5.82 Å². The number of anilines is 1. The highest BCUT2D eigenvalue weighted by Crippen LogP contribution is 2.18. The van der Waals surface area contributed by atoms with E-state index >= 15 is 0 Å². The van der Waals surface area contributed by atoms with Crippen molar-refractivity contribution in [3.63, 3.8) is 0 Å². The molecule has 8 nitrogen and oxygen atoms in total. The molecule has 0 spiro atoms. The third-order valence-electron chi connectivity index (χ3n) is 5.25. The van der Waals surface area contributed by atoms with Gasteiger partial charge in [0.2, 0.25) is 0 Å². The number of nitrogens with zero attached hydrogens (tertiary/aromatic N) is 3. The number of aromatic nitrogens is 2. The number of carbonyl (C=O) groups is 2. The van der Waals surface area contributed by atoms with Crippen LogP contribution >= 0.6 is 0 Å². The fourth-order valence-corrected chi connectivity index (χ4v) is 3.28. The largest absolute Gasteiger partial charge is 0.348 e. The van der Waals surface area contributed by atoms with E-state index in [1.807, 2.05) is 30.3 Å². The first kappa shape index (κ1) is 23.6. The van der Waals surface area contributed by atoms with Gasteiger partial charge in [0, 0.05) is 43.4 Å². The molecule has 3 amide bonds. The van der Waals surface area contributed by atoms with Gasteiger partial charge in [-0.15, -0.1) is 0 Å². The van der Waals surface area contributed by atoms with Gasteiger partial charge in [-0.05, 0) is 54.1 Å². The Balaban J connectivity index is 1.28. The zero-order valence-corrected chi connectivity index (χ0v) is 19.1. The third kappa shape index (κ3) is 6.50. The normalized spacial score (nSPS) is 10.6. The molecule has 0 aliphatic rings. The van der Waals surface area contributed by atoms with Crippen molar-refractivity contribution in [1.29, 1.82) is 0 Å².